The highest BCUT2D eigenvalue weighted by Crippen LogP contribution is 2.26. The van der Waals surface area contributed by atoms with Crippen LogP contribution in [0.15, 0.2) is 27.6 Å². The third-order valence-corrected chi connectivity index (χ3v) is 4.66. The Bertz CT molecular complexity index is 527. The van der Waals surface area contributed by atoms with Crippen LogP contribution in [0.2, 0.25) is 0 Å². The summed E-state index contributed by atoms with van der Waals surface area (Å²) in [4.78, 5) is 2.38. The second-order valence-corrected chi connectivity index (χ2v) is 6.75. The van der Waals surface area contributed by atoms with E-state index < -0.39 is 10.0 Å². The summed E-state index contributed by atoms with van der Waals surface area (Å²) in [5.74, 6) is 0. The summed E-state index contributed by atoms with van der Waals surface area (Å²) in [7, 11) is -2.01. The number of benzene rings is 1. The molecule has 0 atom stereocenters. The molecule has 1 heterocycles. The highest BCUT2D eigenvalue weighted by molar-refractivity contribution is 9.10. The lowest BCUT2D eigenvalue weighted by molar-refractivity contribution is 0.122. The van der Waals surface area contributed by atoms with Crippen molar-refractivity contribution in [3.8, 4) is 0 Å². The lowest BCUT2D eigenvalue weighted by Crippen LogP contribution is -2.36. The fourth-order valence-corrected chi connectivity index (χ4v) is 3.25. The summed E-state index contributed by atoms with van der Waals surface area (Å²) in [6.45, 7) is 2.88. The van der Waals surface area contributed by atoms with E-state index in [-0.39, 0.29) is 4.90 Å². The Morgan fingerprint density at radius 3 is 2.56 bits per heavy atom. The number of halogens is 1. The van der Waals surface area contributed by atoms with Gasteiger partial charge in [0, 0.05) is 23.2 Å². The van der Waals surface area contributed by atoms with Crippen molar-refractivity contribution in [2.24, 2.45) is 0 Å². The Balaban J connectivity index is 2.37. The van der Waals surface area contributed by atoms with Gasteiger partial charge in [0.25, 0.3) is 0 Å². The minimum absolute atomic E-state index is 0.265. The summed E-state index contributed by atoms with van der Waals surface area (Å²) in [5, 5.41) is 0. The van der Waals surface area contributed by atoms with Gasteiger partial charge < -0.3 is 9.64 Å². The molecule has 18 heavy (non-hydrogen) atoms. The lowest BCUT2D eigenvalue weighted by atomic mass is 10.2. The van der Waals surface area contributed by atoms with E-state index in [1.54, 1.807) is 12.1 Å². The van der Waals surface area contributed by atoms with Gasteiger partial charge in [-0.15, -0.1) is 0 Å². The van der Waals surface area contributed by atoms with Gasteiger partial charge >= 0.3 is 0 Å². The van der Waals surface area contributed by atoms with E-state index in [1.165, 1.54) is 7.05 Å². The quantitative estimate of drug-likeness (QED) is 0.902. The summed E-state index contributed by atoms with van der Waals surface area (Å²) in [6, 6.07) is 5.19. The fraction of sp³-hybridized carbons (Fsp3) is 0.455. The second-order valence-electron chi connectivity index (χ2n) is 3.95. The molecule has 0 bridgehead atoms. The maximum atomic E-state index is 11.8. The molecule has 0 amide bonds. The summed E-state index contributed by atoms with van der Waals surface area (Å²) in [6.07, 6.45) is 0. The highest BCUT2D eigenvalue weighted by atomic mass is 79.9. The van der Waals surface area contributed by atoms with Gasteiger partial charge in [-0.2, -0.15) is 0 Å². The fourth-order valence-electron chi connectivity index (χ4n) is 1.83. The Labute approximate surface area is 115 Å². The van der Waals surface area contributed by atoms with E-state index in [4.69, 9.17) is 4.74 Å². The highest BCUT2D eigenvalue weighted by Gasteiger charge is 2.17. The summed E-state index contributed by atoms with van der Waals surface area (Å²) < 4.78 is 32.0. The Kier molecular flexibility index (Phi) is 4.26. The summed E-state index contributed by atoms with van der Waals surface area (Å²) >= 11 is 3.35. The zero-order valence-electron chi connectivity index (χ0n) is 10.0. The van der Waals surface area contributed by atoms with Gasteiger partial charge in [0.2, 0.25) is 10.0 Å². The molecule has 0 radical (unpaired) electrons. The molecule has 100 valence electrons. The first-order chi connectivity index (χ1) is 8.53. The molecule has 1 saturated heterocycles. The van der Waals surface area contributed by atoms with Crippen molar-refractivity contribution in [1.82, 2.24) is 4.72 Å². The minimum Gasteiger partial charge on any atom is -0.378 e. The van der Waals surface area contributed by atoms with Gasteiger partial charge in [0.05, 0.1) is 18.1 Å². The maximum absolute atomic E-state index is 11.8. The van der Waals surface area contributed by atoms with Crippen LogP contribution in [0.1, 0.15) is 0 Å². The topological polar surface area (TPSA) is 58.6 Å². The predicted molar refractivity (Wildman–Crippen MR) is 73.4 cm³/mol. The molecule has 1 aliphatic rings. The van der Waals surface area contributed by atoms with Gasteiger partial charge in [-0.05, 0) is 25.2 Å². The summed E-state index contributed by atoms with van der Waals surface area (Å²) in [5.41, 5.74) is 0.890. The largest absolute Gasteiger partial charge is 0.378 e. The van der Waals surface area contributed by atoms with Gasteiger partial charge in [0.1, 0.15) is 0 Å². The number of ether oxygens (including phenoxy) is 1. The third-order valence-electron chi connectivity index (χ3n) is 2.81. The van der Waals surface area contributed by atoms with Crippen LogP contribution >= 0.6 is 15.9 Å². The van der Waals surface area contributed by atoms with Crippen LogP contribution in [0, 0.1) is 0 Å². The molecule has 1 aliphatic heterocycles. The molecular formula is C11H15BrN2O3S. The van der Waals surface area contributed by atoms with E-state index >= 15 is 0 Å². The Morgan fingerprint density at radius 1 is 1.28 bits per heavy atom. The zero-order chi connectivity index (χ0) is 13.2. The number of nitrogens with one attached hydrogen (secondary N) is 1. The van der Waals surface area contributed by atoms with Gasteiger partial charge in [0.15, 0.2) is 0 Å². The van der Waals surface area contributed by atoms with Crippen LogP contribution in [-0.2, 0) is 14.8 Å². The van der Waals surface area contributed by atoms with E-state index in [0.29, 0.717) is 13.2 Å². The standard InChI is InChI=1S/C11H15BrN2O3S/c1-13-18(15,16)11-7-9(12)6-10(8-11)14-2-4-17-5-3-14/h6-8,13H,2-5H2,1H3. The van der Waals surface area contributed by atoms with E-state index in [0.717, 1.165) is 23.2 Å². The molecule has 1 aromatic carbocycles. The molecule has 2 rings (SSSR count). The van der Waals surface area contributed by atoms with Crippen LogP contribution in [-0.4, -0.2) is 41.8 Å². The molecule has 1 N–H and O–H groups in total. The minimum atomic E-state index is -3.42. The number of morpholine rings is 1. The van der Waals surface area contributed by atoms with E-state index in [1.807, 2.05) is 6.07 Å². The molecule has 0 aromatic heterocycles. The molecule has 0 spiro atoms. The molecule has 0 aliphatic carbocycles. The molecule has 5 nitrogen and oxygen atoms in total. The molecule has 1 fully saturated rings. The van der Waals surface area contributed by atoms with Crippen molar-refractivity contribution in [3.63, 3.8) is 0 Å². The Hall–Kier alpha value is -0.630. The Morgan fingerprint density at radius 2 is 1.94 bits per heavy atom. The number of nitrogens with zero attached hydrogens (tertiary/aromatic N) is 1. The van der Waals surface area contributed by atoms with Crippen LogP contribution in [0.5, 0.6) is 0 Å². The monoisotopic (exact) mass is 334 g/mol. The maximum Gasteiger partial charge on any atom is 0.240 e. The number of hydrogen-bond donors (Lipinski definition) is 1. The molecular weight excluding hydrogens is 320 g/mol. The SMILES string of the molecule is CNS(=O)(=O)c1cc(Br)cc(N2CCOCC2)c1. The first-order valence-electron chi connectivity index (χ1n) is 5.60. The smallest absolute Gasteiger partial charge is 0.240 e. The first kappa shape index (κ1) is 13.8. The van der Waals surface area contributed by atoms with Crippen LogP contribution in [0.4, 0.5) is 5.69 Å². The van der Waals surface area contributed by atoms with Crippen LogP contribution in [0.25, 0.3) is 0 Å². The van der Waals surface area contributed by atoms with Gasteiger partial charge in [-0.25, -0.2) is 13.1 Å². The lowest BCUT2D eigenvalue weighted by Gasteiger charge is -2.29. The molecule has 7 heteroatoms. The number of hydrogen-bond acceptors (Lipinski definition) is 4. The average molecular weight is 335 g/mol. The van der Waals surface area contributed by atoms with Gasteiger partial charge in [-0.1, -0.05) is 15.9 Å². The van der Waals surface area contributed by atoms with Crippen LogP contribution < -0.4 is 9.62 Å². The number of sulfonamides is 1. The molecule has 0 saturated carbocycles. The average Bonchev–Trinajstić information content (AvgIpc) is 2.39. The zero-order valence-corrected chi connectivity index (χ0v) is 12.4. The third kappa shape index (κ3) is 3.03. The van der Waals surface area contributed by atoms with Gasteiger partial charge in [-0.3, -0.25) is 0 Å². The molecule has 1 aromatic rings. The second kappa shape index (κ2) is 5.56. The van der Waals surface area contributed by atoms with E-state index in [9.17, 15) is 8.42 Å². The normalized spacial score (nSPS) is 16.9. The van der Waals surface area contributed by atoms with E-state index in [2.05, 4.69) is 25.6 Å². The molecule has 0 unspecified atom stereocenters. The van der Waals surface area contributed by atoms with Crippen molar-refractivity contribution >= 4 is 31.6 Å². The van der Waals surface area contributed by atoms with Crippen molar-refractivity contribution in [1.29, 1.82) is 0 Å². The van der Waals surface area contributed by atoms with Crippen molar-refractivity contribution in [3.05, 3.63) is 22.7 Å². The number of anilines is 1. The van der Waals surface area contributed by atoms with Crippen molar-refractivity contribution < 1.29 is 13.2 Å². The van der Waals surface area contributed by atoms with Crippen molar-refractivity contribution in [2.75, 3.05) is 38.3 Å². The predicted octanol–water partition coefficient (Wildman–Crippen LogP) is 1.19. The first-order valence-corrected chi connectivity index (χ1v) is 7.87. The number of rotatable bonds is 3. The van der Waals surface area contributed by atoms with Crippen LogP contribution in [0.3, 0.4) is 0 Å². The van der Waals surface area contributed by atoms with Crippen molar-refractivity contribution in [2.45, 2.75) is 4.90 Å².